The molecule has 35 heavy (non-hydrogen) atoms. The van der Waals surface area contributed by atoms with Crippen LogP contribution in [-0.4, -0.2) is 73.4 Å². The Morgan fingerprint density at radius 2 is 1.66 bits per heavy atom. The van der Waals surface area contributed by atoms with Gasteiger partial charge in [-0.25, -0.2) is 0 Å². The maximum Gasteiger partial charge on any atom is 0.289 e. The van der Waals surface area contributed by atoms with E-state index in [1.165, 1.54) is 35.1 Å². The molecule has 1 amide bonds. The summed E-state index contributed by atoms with van der Waals surface area (Å²) >= 11 is 0. The number of fused-ring (bicyclic) bond motifs is 1. The number of hydrogen-bond acceptors (Lipinski definition) is 5. The van der Waals surface area contributed by atoms with Crippen molar-refractivity contribution in [2.75, 3.05) is 52.5 Å². The molecule has 0 spiro atoms. The highest BCUT2D eigenvalue weighted by Gasteiger charge is 2.37. The van der Waals surface area contributed by atoms with Crippen LogP contribution in [0.5, 0.6) is 0 Å². The predicted octanol–water partition coefficient (Wildman–Crippen LogP) is 4.29. The molecule has 2 aromatic rings. The van der Waals surface area contributed by atoms with Gasteiger partial charge >= 0.3 is 0 Å². The monoisotopic (exact) mass is 482 g/mol. The Balaban J connectivity index is 1.40. The average Bonchev–Trinajstić information content (AvgIpc) is 3.29. The fourth-order valence-corrected chi connectivity index (χ4v) is 5.42. The Bertz CT molecular complexity index is 1030. The van der Waals surface area contributed by atoms with Gasteiger partial charge in [-0.15, -0.1) is 0 Å². The molecular formula is C29H42N2O4. The van der Waals surface area contributed by atoms with E-state index in [0.717, 1.165) is 25.4 Å². The van der Waals surface area contributed by atoms with Crippen LogP contribution in [0.15, 0.2) is 28.7 Å². The summed E-state index contributed by atoms with van der Waals surface area (Å²) in [6, 6.07) is 8.55. The van der Waals surface area contributed by atoms with Gasteiger partial charge in [-0.3, -0.25) is 9.69 Å². The quantitative estimate of drug-likeness (QED) is 0.569. The summed E-state index contributed by atoms with van der Waals surface area (Å²) in [6.07, 6.45) is 3.10. The summed E-state index contributed by atoms with van der Waals surface area (Å²) < 4.78 is 11.4. The Labute approximate surface area is 210 Å². The number of aryl methyl sites for hydroxylation is 1. The summed E-state index contributed by atoms with van der Waals surface area (Å²) in [4.78, 5) is 17.2. The van der Waals surface area contributed by atoms with Gasteiger partial charge in [-0.05, 0) is 65.0 Å². The highest BCUT2D eigenvalue weighted by molar-refractivity contribution is 5.91. The third-order valence-corrected chi connectivity index (χ3v) is 7.99. The van der Waals surface area contributed by atoms with Gasteiger partial charge in [0.05, 0.1) is 19.8 Å². The molecule has 1 fully saturated rings. The Hall–Kier alpha value is -2.15. The van der Waals surface area contributed by atoms with Crippen LogP contribution < -0.4 is 0 Å². The van der Waals surface area contributed by atoms with Gasteiger partial charge in [0.25, 0.3) is 5.91 Å². The minimum absolute atomic E-state index is 0.0301. The average molecular weight is 483 g/mol. The third kappa shape index (κ3) is 5.82. The van der Waals surface area contributed by atoms with Gasteiger partial charge in [-0.1, -0.05) is 39.8 Å². The van der Waals surface area contributed by atoms with E-state index >= 15 is 0 Å². The van der Waals surface area contributed by atoms with Crippen molar-refractivity contribution in [2.45, 2.75) is 64.7 Å². The molecule has 1 N–H and O–H groups in total. The van der Waals surface area contributed by atoms with Crippen molar-refractivity contribution >= 4 is 5.91 Å². The van der Waals surface area contributed by atoms with Gasteiger partial charge in [0.15, 0.2) is 5.76 Å². The SMILES string of the molecule is Cc1cc2c(cc1Cc1ccc(C(=O)N3CCN(CCOCCO)CC3)o1)C(C)(C)CCC2(C)C. The minimum Gasteiger partial charge on any atom is -0.456 e. The molecule has 0 saturated carbocycles. The smallest absolute Gasteiger partial charge is 0.289 e. The molecular weight excluding hydrogens is 440 g/mol. The number of furan rings is 1. The van der Waals surface area contributed by atoms with Crippen molar-refractivity contribution < 1.29 is 19.1 Å². The molecule has 0 atom stereocenters. The van der Waals surface area contributed by atoms with Crippen molar-refractivity contribution in [3.8, 4) is 0 Å². The van der Waals surface area contributed by atoms with E-state index in [0.29, 0.717) is 38.5 Å². The fraction of sp³-hybridized carbons (Fsp3) is 0.621. The largest absolute Gasteiger partial charge is 0.456 e. The second kappa shape index (κ2) is 10.5. The van der Waals surface area contributed by atoms with Crippen molar-refractivity contribution in [3.05, 3.63) is 58.0 Å². The van der Waals surface area contributed by atoms with Gasteiger partial charge < -0.3 is 19.2 Å². The maximum absolute atomic E-state index is 13.0. The van der Waals surface area contributed by atoms with Crippen molar-refractivity contribution in [3.63, 3.8) is 0 Å². The number of aliphatic hydroxyl groups excluding tert-OH is 1. The number of carbonyl (C=O) groups excluding carboxylic acids is 1. The zero-order chi connectivity index (χ0) is 25.2. The van der Waals surface area contributed by atoms with Gasteiger partial charge in [0.1, 0.15) is 5.76 Å². The van der Waals surface area contributed by atoms with Gasteiger partial charge in [0, 0.05) is 39.1 Å². The molecule has 192 valence electrons. The number of rotatable bonds is 8. The van der Waals surface area contributed by atoms with Crippen LogP contribution in [0.4, 0.5) is 0 Å². The number of nitrogens with zero attached hydrogens (tertiary/aromatic N) is 2. The number of ether oxygens (including phenoxy) is 1. The molecule has 2 heterocycles. The molecule has 1 aliphatic carbocycles. The highest BCUT2D eigenvalue weighted by atomic mass is 16.5. The molecule has 1 saturated heterocycles. The van der Waals surface area contributed by atoms with Crippen LogP contribution >= 0.6 is 0 Å². The summed E-state index contributed by atoms with van der Waals surface area (Å²) in [6.45, 7) is 16.5. The van der Waals surface area contributed by atoms with Crippen LogP contribution in [-0.2, 0) is 22.0 Å². The Morgan fingerprint density at radius 1 is 1.00 bits per heavy atom. The Morgan fingerprint density at radius 3 is 2.31 bits per heavy atom. The lowest BCUT2D eigenvalue weighted by Crippen LogP contribution is -2.49. The summed E-state index contributed by atoms with van der Waals surface area (Å²) in [7, 11) is 0. The van der Waals surface area contributed by atoms with Crippen molar-refractivity contribution in [1.82, 2.24) is 9.80 Å². The van der Waals surface area contributed by atoms with Crippen LogP contribution in [0.3, 0.4) is 0 Å². The molecule has 6 heteroatoms. The molecule has 6 nitrogen and oxygen atoms in total. The van der Waals surface area contributed by atoms with E-state index in [9.17, 15) is 4.79 Å². The number of carbonyl (C=O) groups is 1. The van der Waals surface area contributed by atoms with Crippen LogP contribution in [0.25, 0.3) is 0 Å². The molecule has 0 unspecified atom stereocenters. The minimum atomic E-state index is -0.0301. The molecule has 4 rings (SSSR count). The fourth-order valence-electron chi connectivity index (χ4n) is 5.42. The normalized spacial score (nSPS) is 19.5. The highest BCUT2D eigenvalue weighted by Crippen LogP contribution is 2.46. The standard InChI is InChI=1S/C29H42N2O4/c1-21-18-24-25(29(4,5)9-8-28(24,2)3)20-22(21)19-23-6-7-26(35-23)27(33)31-12-10-30(11-13-31)14-16-34-17-15-32/h6-7,18,20,32H,8-17,19H2,1-5H3. The second-order valence-electron chi connectivity index (χ2n) is 11.5. The van der Waals surface area contributed by atoms with E-state index in [1.807, 2.05) is 17.0 Å². The number of piperazine rings is 1. The Kier molecular flexibility index (Phi) is 7.74. The topological polar surface area (TPSA) is 66.2 Å². The van der Waals surface area contributed by atoms with E-state index in [2.05, 4.69) is 51.7 Å². The lowest BCUT2D eigenvalue weighted by molar-refractivity contribution is 0.0468. The van der Waals surface area contributed by atoms with Crippen LogP contribution in [0.2, 0.25) is 0 Å². The van der Waals surface area contributed by atoms with Crippen LogP contribution in [0.1, 0.15) is 79.1 Å². The number of amides is 1. The van der Waals surface area contributed by atoms with Crippen LogP contribution in [0, 0.1) is 6.92 Å². The van der Waals surface area contributed by atoms with Gasteiger partial charge in [-0.2, -0.15) is 0 Å². The first-order chi connectivity index (χ1) is 16.6. The van der Waals surface area contributed by atoms with E-state index in [1.54, 1.807) is 0 Å². The molecule has 1 aliphatic heterocycles. The zero-order valence-electron chi connectivity index (χ0n) is 22.2. The molecule has 1 aromatic heterocycles. The first-order valence-corrected chi connectivity index (χ1v) is 13.0. The summed E-state index contributed by atoms with van der Waals surface area (Å²) in [5.74, 6) is 1.23. The molecule has 0 radical (unpaired) electrons. The number of hydrogen-bond donors (Lipinski definition) is 1. The third-order valence-electron chi connectivity index (χ3n) is 7.99. The maximum atomic E-state index is 13.0. The zero-order valence-corrected chi connectivity index (χ0v) is 22.2. The van der Waals surface area contributed by atoms with Gasteiger partial charge in [0.2, 0.25) is 0 Å². The first-order valence-electron chi connectivity index (χ1n) is 13.0. The predicted molar refractivity (Wildman–Crippen MR) is 138 cm³/mol. The second-order valence-corrected chi connectivity index (χ2v) is 11.5. The first kappa shape index (κ1) is 25.9. The molecule has 1 aromatic carbocycles. The van der Waals surface area contributed by atoms with E-state index < -0.39 is 0 Å². The molecule has 0 bridgehead atoms. The van der Waals surface area contributed by atoms with E-state index in [4.69, 9.17) is 14.3 Å². The number of aliphatic hydroxyl groups is 1. The van der Waals surface area contributed by atoms with Crippen molar-refractivity contribution in [1.29, 1.82) is 0 Å². The number of benzene rings is 1. The lowest BCUT2D eigenvalue weighted by Gasteiger charge is -2.42. The summed E-state index contributed by atoms with van der Waals surface area (Å²) in [5.41, 5.74) is 5.87. The summed E-state index contributed by atoms with van der Waals surface area (Å²) in [5, 5.41) is 8.80. The lowest BCUT2D eigenvalue weighted by atomic mass is 9.62. The van der Waals surface area contributed by atoms with Crippen molar-refractivity contribution in [2.24, 2.45) is 0 Å². The molecule has 2 aliphatic rings. The van der Waals surface area contributed by atoms with E-state index in [-0.39, 0.29) is 23.3 Å².